The van der Waals surface area contributed by atoms with Crippen LogP contribution < -0.4 is 20.9 Å². The largest absolute Gasteiger partial charge is 0.497 e. The van der Waals surface area contributed by atoms with Crippen molar-refractivity contribution in [2.24, 2.45) is 5.73 Å². The molecule has 0 saturated carbocycles. The van der Waals surface area contributed by atoms with E-state index in [4.69, 9.17) is 20.9 Å². The van der Waals surface area contributed by atoms with Gasteiger partial charge in [0, 0.05) is 31.5 Å². The first-order valence-electron chi connectivity index (χ1n) is 7.88. The van der Waals surface area contributed by atoms with Crippen molar-refractivity contribution in [2.45, 2.75) is 13.0 Å². The Bertz CT molecular complexity index is 706. The summed E-state index contributed by atoms with van der Waals surface area (Å²) in [7, 11) is 3.25. The van der Waals surface area contributed by atoms with E-state index in [1.807, 2.05) is 0 Å². The van der Waals surface area contributed by atoms with Crippen molar-refractivity contribution < 1.29 is 14.3 Å². The van der Waals surface area contributed by atoms with Crippen LogP contribution in [-0.4, -0.2) is 48.1 Å². The van der Waals surface area contributed by atoms with Crippen molar-refractivity contribution in [3.8, 4) is 11.5 Å². The van der Waals surface area contributed by atoms with Crippen LogP contribution in [0.3, 0.4) is 0 Å². The molecule has 0 bridgehead atoms. The first-order chi connectivity index (χ1) is 12.0. The zero-order valence-electron chi connectivity index (χ0n) is 14.4. The molecule has 1 amide bonds. The first kappa shape index (κ1) is 18.5. The van der Waals surface area contributed by atoms with Crippen LogP contribution in [0.2, 0.25) is 0 Å². The Morgan fingerprint density at radius 1 is 1.28 bits per heavy atom. The van der Waals surface area contributed by atoms with Crippen molar-refractivity contribution in [3.63, 3.8) is 0 Å². The van der Waals surface area contributed by atoms with E-state index in [1.165, 1.54) is 0 Å². The fraction of sp³-hybridized carbons (Fsp3) is 0.353. The average Bonchev–Trinajstić information content (AvgIpc) is 2.63. The van der Waals surface area contributed by atoms with E-state index in [1.54, 1.807) is 49.7 Å². The predicted octanol–water partition coefficient (Wildman–Crippen LogP) is 1.07. The van der Waals surface area contributed by atoms with Crippen LogP contribution in [0, 0.1) is 0 Å². The number of nitrogen functional groups attached to an aromatic ring is 1. The van der Waals surface area contributed by atoms with E-state index >= 15 is 0 Å². The van der Waals surface area contributed by atoms with Crippen LogP contribution in [-0.2, 0) is 6.54 Å². The Balaban J connectivity index is 2.18. The zero-order chi connectivity index (χ0) is 18.2. The van der Waals surface area contributed by atoms with Gasteiger partial charge >= 0.3 is 0 Å². The highest BCUT2D eigenvalue weighted by molar-refractivity contribution is 5.97. The smallest absolute Gasteiger partial charge is 0.257 e. The van der Waals surface area contributed by atoms with Gasteiger partial charge in [0.2, 0.25) is 5.95 Å². The molecule has 4 N–H and O–H groups in total. The molecule has 0 saturated heterocycles. The highest BCUT2D eigenvalue weighted by Gasteiger charge is 2.18. The molecule has 134 valence electrons. The molecule has 0 spiro atoms. The number of carbonyl (C=O) groups excluding carboxylic acids is 1. The number of rotatable bonds is 8. The number of benzene rings is 1. The minimum atomic E-state index is -0.196. The van der Waals surface area contributed by atoms with Gasteiger partial charge < -0.3 is 25.8 Å². The number of aromatic nitrogens is 2. The summed E-state index contributed by atoms with van der Waals surface area (Å²) < 4.78 is 10.9. The summed E-state index contributed by atoms with van der Waals surface area (Å²) in [6.45, 7) is 1.31. The van der Waals surface area contributed by atoms with E-state index in [0.29, 0.717) is 43.2 Å². The molecular weight excluding hydrogens is 322 g/mol. The van der Waals surface area contributed by atoms with Gasteiger partial charge in [0.1, 0.15) is 11.5 Å². The van der Waals surface area contributed by atoms with Crippen LogP contribution in [0.1, 0.15) is 22.3 Å². The van der Waals surface area contributed by atoms with Crippen LogP contribution in [0.15, 0.2) is 30.6 Å². The van der Waals surface area contributed by atoms with E-state index in [2.05, 4.69) is 9.97 Å². The van der Waals surface area contributed by atoms with Crippen molar-refractivity contribution in [2.75, 3.05) is 33.0 Å². The fourth-order valence-corrected chi connectivity index (χ4v) is 2.19. The number of hydrogen-bond acceptors (Lipinski definition) is 7. The second kappa shape index (κ2) is 8.84. The Morgan fingerprint density at radius 3 is 2.64 bits per heavy atom. The van der Waals surface area contributed by atoms with Crippen molar-refractivity contribution in [3.05, 3.63) is 41.7 Å². The quantitative estimate of drug-likeness (QED) is 0.687. The number of ether oxygens (including phenoxy) is 2. The first-order valence-corrected chi connectivity index (χ1v) is 7.88. The number of hydrogen-bond donors (Lipinski definition) is 2. The maximum atomic E-state index is 12.8. The van der Waals surface area contributed by atoms with Gasteiger partial charge in [0.25, 0.3) is 5.91 Å². The van der Waals surface area contributed by atoms with Crippen LogP contribution in [0.25, 0.3) is 0 Å². The highest BCUT2D eigenvalue weighted by atomic mass is 16.5. The number of nitrogens with two attached hydrogens (primary N) is 2. The summed E-state index contributed by atoms with van der Waals surface area (Å²) in [4.78, 5) is 22.3. The number of methoxy groups -OCH3 is 1. The van der Waals surface area contributed by atoms with E-state index in [9.17, 15) is 4.79 Å². The maximum Gasteiger partial charge on any atom is 0.257 e. The van der Waals surface area contributed by atoms with Gasteiger partial charge in [-0.3, -0.25) is 4.79 Å². The van der Waals surface area contributed by atoms with E-state index in [-0.39, 0.29) is 11.9 Å². The molecule has 0 unspecified atom stereocenters. The zero-order valence-corrected chi connectivity index (χ0v) is 14.4. The molecule has 8 heteroatoms. The highest BCUT2D eigenvalue weighted by Crippen LogP contribution is 2.26. The van der Waals surface area contributed by atoms with Crippen molar-refractivity contribution in [1.29, 1.82) is 0 Å². The van der Waals surface area contributed by atoms with Crippen LogP contribution in [0.5, 0.6) is 11.5 Å². The molecule has 0 aliphatic rings. The van der Waals surface area contributed by atoms with E-state index in [0.717, 1.165) is 5.56 Å². The summed E-state index contributed by atoms with van der Waals surface area (Å²) in [5, 5.41) is 0. The minimum Gasteiger partial charge on any atom is -0.497 e. The standard InChI is InChI=1S/C17H23N5O3/c1-22(11-12-9-20-17(19)21-10-12)16(23)14-8-13(24-2)4-5-15(14)25-7-3-6-18/h4-5,8-10H,3,6-7,11,18H2,1-2H3,(H2,19,20,21). The molecule has 1 aromatic heterocycles. The summed E-state index contributed by atoms with van der Waals surface area (Å²) >= 11 is 0. The molecule has 1 heterocycles. The predicted molar refractivity (Wildman–Crippen MR) is 94.4 cm³/mol. The Hall–Kier alpha value is -2.87. The van der Waals surface area contributed by atoms with Gasteiger partial charge in [0.05, 0.1) is 19.3 Å². The Labute approximate surface area is 146 Å². The molecule has 2 rings (SSSR count). The molecule has 0 aliphatic heterocycles. The molecule has 8 nitrogen and oxygen atoms in total. The van der Waals surface area contributed by atoms with Crippen LogP contribution >= 0.6 is 0 Å². The summed E-state index contributed by atoms with van der Waals surface area (Å²) in [6.07, 6.45) is 3.89. The Kier molecular flexibility index (Phi) is 6.53. The fourth-order valence-electron chi connectivity index (χ4n) is 2.19. The van der Waals surface area contributed by atoms with Gasteiger partial charge in [-0.05, 0) is 31.2 Å². The summed E-state index contributed by atoms with van der Waals surface area (Å²) in [6, 6.07) is 5.14. The van der Waals surface area contributed by atoms with Gasteiger partial charge in [-0.2, -0.15) is 0 Å². The van der Waals surface area contributed by atoms with Gasteiger partial charge in [-0.1, -0.05) is 0 Å². The third-order valence-corrected chi connectivity index (χ3v) is 3.51. The second-order valence-electron chi connectivity index (χ2n) is 5.46. The molecular formula is C17H23N5O3. The molecule has 25 heavy (non-hydrogen) atoms. The number of nitrogens with zero attached hydrogens (tertiary/aromatic N) is 3. The average molecular weight is 345 g/mol. The molecule has 0 radical (unpaired) electrons. The molecule has 2 aromatic rings. The minimum absolute atomic E-state index is 0.195. The summed E-state index contributed by atoms with van der Waals surface area (Å²) in [5.41, 5.74) is 12.2. The lowest BCUT2D eigenvalue weighted by Crippen LogP contribution is -2.27. The van der Waals surface area contributed by atoms with Crippen molar-refractivity contribution >= 4 is 11.9 Å². The lowest BCUT2D eigenvalue weighted by atomic mass is 10.1. The Morgan fingerprint density at radius 2 is 2.00 bits per heavy atom. The number of carbonyl (C=O) groups is 1. The maximum absolute atomic E-state index is 12.8. The monoisotopic (exact) mass is 345 g/mol. The van der Waals surface area contributed by atoms with Gasteiger partial charge in [0.15, 0.2) is 0 Å². The second-order valence-corrected chi connectivity index (χ2v) is 5.46. The van der Waals surface area contributed by atoms with E-state index < -0.39 is 0 Å². The molecule has 0 atom stereocenters. The molecule has 0 fully saturated rings. The van der Waals surface area contributed by atoms with Gasteiger partial charge in [-0.25, -0.2) is 9.97 Å². The van der Waals surface area contributed by atoms with Crippen LogP contribution in [0.4, 0.5) is 5.95 Å². The van der Waals surface area contributed by atoms with Crippen molar-refractivity contribution in [1.82, 2.24) is 14.9 Å². The van der Waals surface area contributed by atoms with Gasteiger partial charge in [-0.15, -0.1) is 0 Å². The SMILES string of the molecule is COc1ccc(OCCCN)c(C(=O)N(C)Cc2cnc(N)nc2)c1. The lowest BCUT2D eigenvalue weighted by molar-refractivity contribution is 0.0780. The molecule has 1 aromatic carbocycles. The number of amides is 1. The lowest BCUT2D eigenvalue weighted by Gasteiger charge is -2.19. The third-order valence-electron chi connectivity index (χ3n) is 3.51. The number of anilines is 1. The normalized spacial score (nSPS) is 10.4. The molecule has 0 aliphatic carbocycles. The third kappa shape index (κ3) is 5.05. The topological polar surface area (TPSA) is 117 Å². The summed E-state index contributed by atoms with van der Waals surface area (Å²) in [5.74, 6) is 1.08.